The van der Waals surface area contributed by atoms with E-state index in [0.717, 1.165) is 11.3 Å². The number of aromatic nitrogens is 2. The number of nitrogens with zero attached hydrogens (tertiary/aromatic N) is 3. The topological polar surface area (TPSA) is 67.6 Å². The van der Waals surface area contributed by atoms with E-state index in [1.165, 1.54) is 0 Å². The van der Waals surface area contributed by atoms with E-state index in [1.54, 1.807) is 27.9 Å². The molecule has 1 fully saturated rings. The maximum absolute atomic E-state index is 12.5. The summed E-state index contributed by atoms with van der Waals surface area (Å²) in [7, 11) is 1.83. The molecule has 6 nitrogen and oxygen atoms in total. The van der Waals surface area contributed by atoms with Crippen molar-refractivity contribution >= 4 is 12.0 Å². The maximum atomic E-state index is 12.5. The van der Waals surface area contributed by atoms with Crippen molar-refractivity contribution in [3.63, 3.8) is 0 Å². The van der Waals surface area contributed by atoms with E-state index >= 15 is 0 Å². The smallest absolute Gasteiger partial charge is 0.246 e. The van der Waals surface area contributed by atoms with E-state index < -0.39 is 5.60 Å². The van der Waals surface area contributed by atoms with Crippen LogP contribution in [0.15, 0.2) is 48.7 Å². The number of benzene rings is 1. The molecule has 0 radical (unpaired) electrons. The van der Waals surface area contributed by atoms with E-state index in [9.17, 15) is 9.90 Å². The average molecular weight is 341 g/mol. The first-order valence-electron chi connectivity index (χ1n) is 8.36. The molecule has 0 spiro atoms. The van der Waals surface area contributed by atoms with E-state index in [4.69, 9.17) is 4.74 Å². The number of aliphatic hydroxyl groups is 1. The highest BCUT2D eigenvalue weighted by atomic mass is 16.5. The number of carbonyl (C=O) groups excluding carboxylic acids is 1. The number of aliphatic hydroxyl groups excluding tert-OH is 1. The normalized spacial score (nSPS) is 21.0. The molecule has 1 aromatic carbocycles. The van der Waals surface area contributed by atoms with Crippen LogP contribution in [-0.2, 0) is 23.0 Å². The van der Waals surface area contributed by atoms with Crippen molar-refractivity contribution in [2.45, 2.75) is 12.0 Å². The van der Waals surface area contributed by atoms with Crippen LogP contribution >= 0.6 is 0 Å². The van der Waals surface area contributed by atoms with Crippen molar-refractivity contribution in [1.29, 1.82) is 0 Å². The standard InChI is InChI=1S/C19H23N3O3/c1-21-17(9-10-20-21)7-8-18(24)22-11-12-25-19(14-22,15-23)13-16-5-3-2-4-6-16/h2-10,23H,11-15H2,1H3/b8-7+/t19-/m0/s1. The Balaban J connectivity index is 1.69. The van der Waals surface area contributed by atoms with E-state index in [-0.39, 0.29) is 12.5 Å². The fourth-order valence-electron chi connectivity index (χ4n) is 3.07. The van der Waals surface area contributed by atoms with Gasteiger partial charge in [0.2, 0.25) is 5.91 Å². The Morgan fingerprint density at radius 2 is 2.16 bits per heavy atom. The summed E-state index contributed by atoms with van der Waals surface area (Å²) in [6.45, 7) is 1.17. The van der Waals surface area contributed by atoms with Crippen LogP contribution in [0.2, 0.25) is 0 Å². The number of rotatable bonds is 5. The van der Waals surface area contributed by atoms with Gasteiger partial charge in [-0.1, -0.05) is 30.3 Å². The molecule has 3 rings (SSSR count). The Hall–Kier alpha value is -2.44. The summed E-state index contributed by atoms with van der Waals surface area (Å²) in [6, 6.07) is 11.7. The third-order valence-electron chi connectivity index (χ3n) is 4.47. The van der Waals surface area contributed by atoms with Gasteiger partial charge in [-0.2, -0.15) is 5.10 Å². The fourth-order valence-corrected chi connectivity index (χ4v) is 3.07. The lowest BCUT2D eigenvalue weighted by Crippen LogP contribution is -2.56. The predicted octanol–water partition coefficient (Wildman–Crippen LogP) is 1.27. The molecule has 132 valence electrons. The highest BCUT2D eigenvalue weighted by Crippen LogP contribution is 2.23. The van der Waals surface area contributed by atoms with Crippen molar-refractivity contribution in [3.8, 4) is 0 Å². The summed E-state index contributed by atoms with van der Waals surface area (Å²) in [6.07, 6.45) is 5.56. The average Bonchev–Trinajstić information content (AvgIpc) is 3.05. The zero-order valence-corrected chi connectivity index (χ0v) is 14.3. The van der Waals surface area contributed by atoms with Gasteiger partial charge >= 0.3 is 0 Å². The second kappa shape index (κ2) is 7.63. The number of morpholine rings is 1. The molecule has 0 bridgehead atoms. The Bertz CT molecular complexity index is 741. The van der Waals surface area contributed by atoms with Crippen LogP contribution in [0.5, 0.6) is 0 Å². The minimum absolute atomic E-state index is 0.0876. The Morgan fingerprint density at radius 3 is 2.84 bits per heavy atom. The second-order valence-electron chi connectivity index (χ2n) is 6.32. The molecule has 1 aromatic heterocycles. The first kappa shape index (κ1) is 17.4. The van der Waals surface area contributed by atoms with Crippen molar-refractivity contribution in [3.05, 3.63) is 59.9 Å². The van der Waals surface area contributed by atoms with E-state index in [2.05, 4.69) is 5.10 Å². The summed E-state index contributed by atoms with van der Waals surface area (Å²) < 4.78 is 7.59. The summed E-state index contributed by atoms with van der Waals surface area (Å²) >= 11 is 0. The summed E-state index contributed by atoms with van der Waals surface area (Å²) in [4.78, 5) is 14.3. The van der Waals surface area contributed by atoms with Crippen molar-refractivity contribution in [1.82, 2.24) is 14.7 Å². The number of aryl methyl sites for hydroxylation is 1. The molecule has 1 N–H and O–H groups in total. The Kier molecular flexibility index (Phi) is 5.31. The van der Waals surface area contributed by atoms with Crippen molar-refractivity contribution < 1.29 is 14.6 Å². The lowest BCUT2D eigenvalue weighted by atomic mass is 9.93. The number of hydrogen-bond donors (Lipinski definition) is 1. The largest absolute Gasteiger partial charge is 0.393 e. The minimum atomic E-state index is -0.754. The summed E-state index contributed by atoms with van der Waals surface area (Å²) in [5.74, 6) is -0.0876. The van der Waals surface area contributed by atoms with Gasteiger partial charge in [0.05, 0.1) is 25.5 Å². The lowest BCUT2D eigenvalue weighted by Gasteiger charge is -2.41. The van der Waals surface area contributed by atoms with Gasteiger partial charge in [0, 0.05) is 32.3 Å². The molecule has 1 saturated heterocycles. The minimum Gasteiger partial charge on any atom is -0.393 e. The van der Waals surface area contributed by atoms with Crippen LogP contribution in [0.4, 0.5) is 0 Å². The zero-order valence-electron chi connectivity index (χ0n) is 14.3. The molecule has 0 saturated carbocycles. The molecule has 1 aliphatic rings. The molecule has 0 aliphatic carbocycles. The third-order valence-corrected chi connectivity index (χ3v) is 4.47. The van der Waals surface area contributed by atoms with Crippen LogP contribution in [-0.4, -0.2) is 57.6 Å². The van der Waals surface area contributed by atoms with Gasteiger partial charge in [-0.3, -0.25) is 9.48 Å². The number of hydrogen-bond acceptors (Lipinski definition) is 4. The van der Waals surface area contributed by atoms with Crippen molar-refractivity contribution in [2.75, 3.05) is 26.3 Å². The molecule has 1 atom stereocenters. The van der Waals surface area contributed by atoms with Gasteiger partial charge in [0.15, 0.2) is 0 Å². The van der Waals surface area contributed by atoms with Gasteiger partial charge < -0.3 is 14.7 Å². The molecule has 25 heavy (non-hydrogen) atoms. The van der Waals surface area contributed by atoms with E-state index in [1.807, 2.05) is 43.4 Å². The van der Waals surface area contributed by atoms with Crippen LogP contribution < -0.4 is 0 Å². The van der Waals surface area contributed by atoms with Crippen LogP contribution in [0.3, 0.4) is 0 Å². The monoisotopic (exact) mass is 341 g/mol. The quantitative estimate of drug-likeness (QED) is 0.832. The van der Waals surface area contributed by atoms with E-state index in [0.29, 0.717) is 26.1 Å². The first-order chi connectivity index (χ1) is 12.1. The molecule has 2 heterocycles. The van der Waals surface area contributed by atoms with Gasteiger partial charge in [-0.15, -0.1) is 0 Å². The SMILES string of the molecule is Cn1nccc1/C=C/C(=O)N1CCO[C@@](CO)(Cc2ccccc2)C1. The molecular formula is C19H23N3O3. The molecule has 0 unspecified atom stereocenters. The van der Waals surface area contributed by atoms with Gasteiger partial charge in [-0.25, -0.2) is 0 Å². The summed E-state index contributed by atoms with van der Waals surface area (Å²) in [5.41, 5.74) is 1.19. The van der Waals surface area contributed by atoms with Gasteiger partial charge in [0.1, 0.15) is 5.60 Å². The molecule has 1 aliphatic heterocycles. The fraction of sp³-hybridized carbons (Fsp3) is 0.368. The number of ether oxygens (including phenoxy) is 1. The third kappa shape index (κ3) is 4.15. The van der Waals surface area contributed by atoms with Crippen LogP contribution in [0, 0.1) is 0 Å². The van der Waals surface area contributed by atoms with Crippen LogP contribution in [0.1, 0.15) is 11.3 Å². The number of amides is 1. The predicted molar refractivity (Wildman–Crippen MR) is 94.7 cm³/mol. The maximum Gasteiger partial charge on any atom is 0.246 e. The number of carbonyl (C=O) groups is 1. The first-order valence-corrected chi connectivity index (χ1v) is 8.36. The van der Waals surface area contributed by atoms with Crippen LogP contribution in [0.25, 0.3) is 6.08 Å². The van der Waals surface area contributed by atoms with Gasteiger partial charge in [0.25, 0.3) is 0 Å². The Morgan fingerprint density at radius 1 is 1.36 bits per heavy atom. The highest BCUT2D eigenvalue weighted by Gasteiger charge is 2.37. The molecule has 1 amide bonds. The van der Waals surface area contributed by atoms with Crippen molar-refractivity contribution in [2.24, 2.45) is 7.05 Å². The second-order valence-corrected chi connectivity index (χ2v) is 6.32. The zero-order chi connectivity index (χ0) is 17.7. The highest BCUT2D eigenvalue weighted by molar-refractivity contribution is 5.91. The summed E-state index contributed by atoms with van der Waals surface area (Å²) in [5, 5.41) is 14.0. The Labute approximate surface area is 147 Å². The lowest BCUT2D eigenvalue weighted by molar-refractivity contribution is -0.153. The molecule has 6 heteroatoms. The molecular weight excluding hydrogens is 318 g/mol. The molecule has 2 aromatic rings. The van der Waals surface area contributed by atoms with Gasteiger partial charge in [-0.05, 0) is 17.7 Å².